The first-order valence-electron chi connectivity index (χ1n) is 7.69. The number of thiophene rings is 1. The van der Waals surface area contributed by atoms with E-state index in [2.05, 4.69) is 41.7 Å². The number of nitrogens with one attached hydrogen (secondary N) is 1. The standard InChI is InChI=1S/C18H16N2OS2/c21-17-16(19-18(22)20(17)13-6-7-13)11-15-9-8-14(23-15)10-12-4-2-1-3-5-12/h1-5,8-9,11,13H,6-7,10H2,(H,19,22)/b16-11+. The quantitative estimate of drug-likeness (QED) is 0.682. The Hall–Kier alpha value is -1.98. The molecule has 5 heteroatoms. The van der Waals surface area contributed by atoms with E-state index in [0.29, 0.717) is 16.9 Å². The number of carbonyl (C=O) groups is 1. The largest absolute Gasteiger partial charge is 0.328 e. The molecule has 0 unspecified atom stereocenters. The molecule has 4 rings (SSSR count). The fourth-order valence-electron chi connectivity index (χ4n) is 2.72. The molecule has 0 spiro atoms. The van der Waals surface area contributed by atoms with Crippen molar-refractivity contribution in [3.8, 4) is 0 Å². The highest BCUT2D eigenvalue weighted by atomic mass is 32.1. The lowest BCUT2D eigenvalue weighted by Gasteiger charge is -2.11. The third-order valence-electron chi connectivity index (χ3n) is 4.01. The maximum atomic E-state index is 12.4. The van der Waals surface area contributed by atoms with E-state index in [0.717, 1.165) is 24.1 Å². The van der Waals surface area contributed by atoms with E-state index >= 15 is 0 Å². The zero-order valence-corrected chi connectivity index (χ0v) is 14.1. The summed E-state index contributed by atoms with van der Waals surface area (Å²) in [5, 5.41) is 3.60. The van der Waals surface area contributed by atoms with Crippen LogP contribution in [-0.2, 0) is 11.2 Å². The van der Waals surface area contributed by atoms with Gasteiger partial charge in [0.15, 0.2) is 5.11 Å². The van der Waals surface area contributed by atoms with Crippen LogP contribution in [0.25, 0.3) is 6.08 Å². The number of hydrogen-bond donors (Lipinski definition) is 1. The minimum absolute atomic E-state index is 0.00973. The molecular formula is C18H16N2OS2. The Balaban J connectivity index is 1.51. The normalized spacial score (nSPS) is 19.5. The van der Waals surface area contributed by atoms with Crippen molar-refractivity contribution in [2.75, 3.05) is 0 Å². The molecule has 1 saturated heterocycles. The topological polar surface area (TPSA) is 32.3 Å². The van der Waals surface area contributed by atoms with Crippen LogP contribution < -0.4 is 5.32 Å². The highest BCUT2D eigenvalue weighted by Gasteiger charge is 2.41. The lowest BCUT2D eigenvalue weighted by molar-refractivity contribution is -0.122. The van der Waals surface area contributed by atoms with Gasteiger partial charge in [0.05, 0.1) is 0 Å². The summed E-state index contributed by atoms with van der Waals surface area (Å²) in [6.45, 7) is 0. The number of benzene rings is 1. The third-order valence-corrected chi connectivity index (χ3v) is 5.34. The molecule has 1 aliphatic heterocycles. The minimum Gasteiger partial charge on any atom is -0.328 e. The molecule has 2 heterocycles. The van der Waals surface area contributed by atoms with Crippen molar-refractivity contribution in [1.82, 2.24) is 10.2 Å². The summed E-state index contributed by atoms with van der Waals surface area (Å²) in [7, 11) is 0. The Labute approximate surface area is 144 Å². The van der Waals surface area contributed by atoms with E-state index < -0.39 is 0 Å². The summed E-state index contributed by atoms with van der Waals surface area (Å²) >= 11 is 6.99. The summed E-state index contributed by atoms with van der Waals surface area (Å²) in [6.07, 6.45) is 4.95. The highest BCUT2D eigenvalue weighted by molar-refractivity contribution is 7.80. The second-order valence-corrected chi connectivity index (χ2v) is 7.45. The predicted molar refractivity (Wildman–Crippen MR) is 97.1 cm³/mol. The lowest BCUT2D eigenvalue weighted by Crippen LogP contribution is -2.32. The monoisotopic (exact) mass is 340 g/mol. The molecular weight excluding hydrogens is 324 g/mol. The minimum atomic E-state index is 0.00973. The van der Waals surface area contributed by atoms with Gasteiger partial charge in [0, 0.05) is 22.2 Å². The molecule has 3 nitrogen and oxygen atoms in total. The molecule has 1 saturated carbocycles. The average molecular weight is 340 g/mol. The van der Waals surface area contributed by atoms with Crippen LogP contribution in [0.1, 0.15) is 28.2 Å². The number of thiocarbonyl (C=S) groups is 1. The molecule has 2 aromatic rings. The van der Waals surface area contributed by atoms with Crippen molar-refractivity contribution in [2.24, 2.45) is 0 Å². The number of amides is 1. The molecule has 1 aromatic carbocycles. The number of carbonyl (C=O) groups excluding carboxylic acids is 1. The molecule has 1 aromatic heterocycles. The van der Waals surface area contributed by atoms with E-state index in [-0.39, 0.29) is 5.91 Å². The summed E-state index contributed by atoms with van der Waals surface area (Å²) < 4.78 is 0. The Kier molecular flexibility index (Phi) is 3.75. The van der Waals surface area contributed by atoms with Crippen LogP contribution >= 0.6 is 23.6 Å². The first-order chi connectivity index (χ1) is 11.2. The first kappa shape index (κ1) is 14.6. The number of rotatable bonds is 4. The smallest absolute Gasteiger partial charge is 0.276 e. The van der Waals surface area contributed by atoms with Crippen LogP contribution in [0.4, 0.5) is 0 Å². The van der Waals surface area contributed by atoms with Crippen molar-refractivity contribution >= 4 is 40.7 Å². The van der Waals surface area contributed by atoms with E-state index in [1.807, 2.05) is 12.1 Å². The molecule has 0 radical (unpaired) electrons. The molecule has 116 valence electrons. The zero-order chi connectivity index (χ0) is 15.8. The summed E-state index contributed by atoms with van der Waals surface area (Å²) in [5.74, 6) is 0.00973. The van der Waals surface area contributed by atoms with E-state index in [4.69, 9.17) is 12.2 Å². The van der Waals surface area contributed by atoms with Crippen molar-refractivity contribution in [1.29, 1.82) is 0 Å². The molecule has 2 aliphatic rings. The van der Waals surface area contributed by atoms with Gasteiger partial charge in [-0.25, -0.2) is 0 Å². The maximum absolute atomic E-state index is 12.4. The van der Waals surface area contributed by atoms with Gasteiger partial charge < -0.3 is 5.32 Å². The lowest BCUT2D eigenvalue weighted by atomic mass is 10.1. The van der Waals surface area contributed by atoms with E-state index in [1.165, 1.54) is 10.4 Å². The maximum Gasteiger partial charge on any atom is 0.276 e. The summed E-state index contributed by atoms with van der Waals surface area (Å²) in [6, 6.07) is 14.9. The van der Waals surface area contributed by atoms with Crippen LogP contribution in [0.5, 0.6) is 0 Å². The second kappa shape index (κ2) is 5.91. The molecule has 23 heavy (non-hydrogen) atoms. The molecule has 2 fully saturated rings. The third kappa shape index (κ3) is 3.07. The SMILES string of the molecule is O=C1/C(=C\c2ccc(Cc3ccccc3)s2)NC(=S)N1C1CC1. The Morgan fingerprint density at radius 3 is 2.74 bits per heavy atom. The molecule has 0 atom stereocenters. The molecule has 1 N–H and O–H groups in total. The van der Waals surface area contributed by atoms with Crippen LogP contribution in [-0.4, -0.2) is 22.0 Å². The Morgan fingerprint density at radius 1 is 1.22 bits per heavy atom. The van der Waals surface area contributed by atoms with E-state index in [1.54, 1.807) is 16.2 Å². The van der Waals surface area contributed by atoms with Crippen molar-refractivity contribution in [3.05, 3.63) is 63.5 Å². The number of nitrogens with zero attached hydrogens (tertiary/aromatic N) is 1. The average Bonchev–Trinajstić information content (AvgIpc) is 3.21. The van der Waals surface area contributed by atoms with Gasteiger partial charge in [-0.2, -0.15) is 0 Å². The number of hydrogen-bond acceptors (Lipinski definition) is 3. The van der Waals surface area contributed by atoms with Gasteiger partial charge in [0.2, 0.25) is 0 Å². The van der Waals surface area contributed by atoms with Crippen LogP contribution in [0.2, 0.25) is 0 Å². The van der Waals surface area contributed by atoms with Gasteiger partial charge in [-0.1, -0.05) is 30.3 Å². The molecule has 1 aliphatic carbocycles. The molecule has 1 amide bonds. The van der Waals surface area contributed by atoms with Gasteiger partial charge >= 0.3 is 0 Å². The predicted octanol–water partition coefficient (Wildman–Crippen LogP) is 3.56. The van der Waals surface area contributed by atoms with Crippen LogP contribution in [0, 0.1) is 0 Å². The van der Waals surface area contributed by atoms with Crippen LogP contribution in [0.15, 0.2) is 48.2 Å². The highest BCUT2D eigenvalue weighted by Crippen LogP contribution is 2.31. The van der Waals surface area contributed by atoms with Crippen LogP contribution in [0.3, 0.4) is 0 Å². The van der Waals surface area contributed by atoms with Crippen molar-refractivity contribution < 1.29 is 4.79 Å². The van der Waals surface area contributed by atoms with E-state index in [9.17, 15) is 4.79 Å². The van der Waals surface area contributed by atoms with Gasteiger partial charge in [-0.3, -0.25) is 9.69 Å². The second-order valence-electron chi connectivity index (χ2n) is 5.86. The molecule has 0 bridgehead atoms. The fourth-order valence-corrected chi connectivity index (χ4v) is 4.05. The Morgan fingerprint density at radius 2 is 2.00 bits per heavy atom. The summed E-state index contributed by atoms with van der Waals surface area (Å²) in [5.41, 5.74) is 1.89. The van der Waals surface area contributed by atoms with Crippen molar-refractivity contribution in [2.45, 2.75) is 25.3 Å². The fraction of sp³-hybridized carbons (Fsp3) is 0.222. The zero-order valence-electron chi connectivity index (χ0n) is 12.5. The Bertz CT molecular complexity index is 790. The first-order valence-corrected chi connectivity index (χ1v) is 8.92. The van der Waals surface area contributed by atoms with Crippen molar-refractivity contribution in [3.63, 3.8) is 0 Å². The summed E-state index contributed by atoms with van der Waals surface area (Å²) in [4.78, 5) is 16.5. The van der Waals surface area contributed by atoms with Gasteiger partial charge in [0.25, 0.3) is 5.91 Å². The van der Waals surface area contributed by atoms with Gasteiger partial charge in [-0.15, -0.1) is 11.3 Å². The van der Waals surface area contributed by atoms with Gasteiger partial charge in [-0.05, 0) is 48.8 Å². The van der Waals surface area contributed by atoms with Gasteiger partial charge in [0.1, 0.15) is 5.70 Å².